The van der Waals surface area contributed by atoms with Crippen LogP contribution in [-0.4, -0.2) is 43.8 Å². The van der Waals surface area contributed by atoms with E-state index in [1.54, 1.807) is 20.8 Å². The molecule has 1 aliphatic rings. The molecular formula is C23H38NO6P. The molecule has 0 spiro atoms. The standard InChI is InChI=1S/C23H38NO6P/c1-15(2)20-9-8-10-21(16(3)4)22(20)30-31(26,14-28-19-11-12-27-13-19)24-18(7)23(25)29-17(5)6/h8-10,15-19H,11-14H2,1-7H3,(H,24,26)/t18-,19-,31?/m0/s1. The summed E-state index contributed by atoms with van der Waals surface area (Å²) in [6, 6.07) is 5.15. The number of hydrogen-bond donors (Lipinski definition) is 1. The molecule has 176 valence electrons. The van der Waals surface area contributed by atoms with Crippen molar-refractivity contribution in [1.29, 1.82) is 0 Å². The Hall–Kier alpha value is -1.40. The summed E-state index contributed by atoms with van der Waals surface area (Å²) in [6.45, 7) is 14.5. The Kier molecular flexibility index (Phi) is 9.56. The summed E-state index contributed by atoms with van der Waals surface area (Å²) < 4.78 is 36.7. The van der Waals surface area contributed by atoms with Crippen molar-refractivity contribution in [1.82, 2.24) is 5.09 Å². The van der Waals surface area contributed by atoms with E-state index in [0.29, 0.717) is 19.0 Å². The van der Waals surface area contributed by atoms with Crippen LogP contribution in [0.2, 0.25) is 0 Å². The van der Waals surface area contributed by atoms with Crippen LogP contribution in [0.3, 0.4) is 0 Å². The molecule has 1 unspecified atom stereocenters. The van der Waals surface area contributed by atoms with Gasteiger partial charge in [0.2, 0.25) is 0 Å². The van der Waals surface area contributed by atoms with E-state index in [2.05, 4.69) is 32.8 Å². The maximum atomic E-state index is 14.0. The molecule has 7 nitrogen and oxygen atoms in total. The second-order valence-corrected chi connectivity index (χ2v) is 11.0. The maximum Gasteiger partial charge on any atom is 0.342 e. The number of ether oxygens (including phenoxy) is 3. The number of benzene rings is 1. The number of nitrogens with one attached hydrogen (secondary N) is 1. The highest BCUT2D eigenvalue weighted by atomic mass is 31.2. The molecular weight excluding hydrogens is 417 g/mol. The van der Waals surface area contributed by atoms with Gasteiger partial charge in [-0.1, -0.05) is 45.9 Å². The van der Waals surface area contributed by atoms with Gasteiger partial charge in [-0.05, 0) is 50.2 Å². The van der Waals surface area contributed by atoms with Crippen molar-refractivity contribution in [3.05, 3.63) is 29.3 Å². The number of hydrogen-bond acceptors (Lipinski definition) is 6. The molecule has 1 heterocycles. The molecule has 1 aromatic carbocycles. The van der Waals surface area contributed by atoms with Crippen LogP contribution in [-0.2, 0) is 23.6 Å². The molecule has 0 bridgehead atoms. The topological polar surface area (TPSA) is 83.1 Å². The Morgan fingerprint density at radius 2 is 1.74 bits per heavy atom. The van der Waals surface area contributed by atoms with Gasteiger partial charge in [0.05, 0.1) is 18.8 Å². The minimum Gasteiger partial charge on any atom is -0.462 e. The highest BCUT2D eigenvalue weighted by Gasteiger charge is 2.34. The van der Waals surface area contributed by atoms with E-state index in [1.165, 1.54) is 0 Å². The SMILES string of the molecule is CC(C)OC(=O)[C@H](C)NP(=O)(CO[C@H]1CCOC1)Oc1c(C(C)C)cccc1C(C)C. The number of esters is 1. The predicted molar refractivity (Wildman–Crippen MR) is 122 cm³/mol. The van der Waals surface area contributed by atoms with Crippen molar-refractivity contribution < 1.29 is 28.1 Å². The zero-order chi connectivity index (χ0) is 23.2. The minimum atomic E-state index is -3.61. The average molecular weight is 456 g/mol. The molecule has 2 rings (SSSR count). The smallest absolute Gasteiger partial charge is 0.342 e. The van der Waals surface area contributed by atoms with Gasteiger partial charge in [0.15, 0.2) is 0 Å². The molecule has 31 heavy (non-hydrogen) atoms. The van der Waals surface area contributed by atoms with Gasteiger partial charge in [-0.2, -0.15) is 0 Å². The van der Waals surface area contributed by atoms with E-state index in [9.17, 15) is 9.36 Å². The normalized spacial score (nSPS) is 19.6. The maximum absolute atomic E-state index is 14.0. The third-order valence-electron chi connectivity index (χ3n) is 5.02. The molecule has 0 radical (unpaired) electrons. The molecule has 1 aliphatic heterocycles. The van der Waals surface area contributed by atoms with Crippen LogP contribution in [0, 0.1) is 0 Å². The third kappa shape index (κ3) is 7.60. The summed E-state index contributed by atoms with van der Waals surface area (Å²) in [4.78, 5) is 12.4. The van der Waals surface area contributed by atoms with Crippen molar-refractivity contribution in [3.63, 3.8) is 0 Å². The largest absolute Gasteiger partial charge is 0.462 e. The summed E-state index contributed by atoms with van der Waals surface area (Å²) >= 11 is 0. The second kappa shape index (κ2) is 11.5. The molecule has 0 saturated carbocycles. The van der Waals surface area contributed by atoms with E-state index in [0.717, 1.165) is 17.5 Å². The average Bonchev–Trinajstić information content (AvgIpc) is 3.19. The van der Waals surface area contributed by atoms with Crippen LogP contribution >= 0.6 is 7.52 Å². The lowest BCUT2D eigenvalue weighted by Gasteiger charge is -2.28. The summed E-state index contributed by atoms with van der Waals surface area (Å²) in [5.41, 5.74) is 1.93. The minimum absolute atomic E-state index is 0.137. The van der Waals surface area contributed by atoms with Crippen LogP contribution in [0.25, 0.3) is 0 Å². The lowest BCUT2D eigenvalue weighted by molar-refractivity contribution is -0.149. The monoisotopic (exact) mass is 455 g/mol. The molecule has 8 heteroatoms. The van der Waals surface area contributed by atoms with Gasteiger partial charge in [0.25, 0.3) is 0 Å². The van der Waals surface area contributed by atoms with E-state index < -0.39 is 19.5 Å². The van der Waals surface area contributed by atoms with E-state index in [-0.39, 0.29) is 30.4 Å². The molecule has 1 fully saturated rings. The van der Waals surface area contributed by atoms with Gasteiger partial charge in [0, 0.05) is 6.61 Å². The first-order valence-electron chi connectivity index (χ1n) is 11.1. The summed E-state index contributed by atoms with van der Waals surface area (Å²) in [7, 11) is -3.61. The molecule has 1 aromatic rings. The fourth-order valence-electron chi connectivity index (χ4n) is 3.36. The number of carbonyl (C=O) groups is 1. The lowest BCUT2D eigenvalue weighted by Crippen LogP contribution is -2.37. The number of para-hydroxylation sites is 1. The highest BCUT2D eigenvalue weighted by Crippen LogP contribution is 2.48. The Bertz CT molecular complexity index is 747. The first-order chi connectivity index (χ1) is 14.5. The summed E-state index contributed by atoms with van der Waals surface area (Å²) in [6.07, 6.45) is 0.175. The van der Waals surface area contributed by atoms with E-state index in [4.69, 9.17) is 18.7 Å². The lowest BCUT2D eigenvalue weighted by atomic mass is 9.94. The summed E-state index contributed by atoms with van der Waals surface area (Å²) in [5, 5.41) is 2.90. The fraction of sp³-hybridized carbons (Fsp3) is 0.696. The van der Waals surface area contributed by atoms with Crippen LogP contribution < -0.4 is 9.61 Å². The van der Waals surface area contributed by atoms with Crippen LogP contribution in [0.5, 0.6) is 5.75 Å². The second-order valence-electron chi connectivity index (χ2n) is 8.96. The molecule has 1 saturated heterocycles. The van der Waals surface area contributed by atoms with Gasteiger partial charge < -0.3 is 18.7 Å². The quantitative estimate of drug-likeness (QED) is 0.363. The van der Waals surface area contributed by atoms with Crippen molar-refractivity contribution in [2.24, 2.45) is 0 Å². The highest BCUT2D eigenvalue weighted by molar-refractivity contribution is 7.57. The summed E-state index contributed by atoms with van der Waals surface area (Å²) in [5.74, 6) is 0.465. The van der Waals surface area contributed by atoms with E-state index in [1.807, 2.05) is 18.2 Å². The predicted octanol–water partition coefficient (Wildman–Crippen LogP) is 5.20. The number of rotatable bonds is 11. The third-order valence-corrected chi connectivity index (χ3v) is 6.77. The Morgan fingerprint density at radius 1 is 1.13 bits per heavy atom. The number of carbonyl (C=O) groups excluding carboxylic acids is 1. The van der Waals surface area contributed by atoms with Crippen molar-refractivity contribution in [2.75, 3.05) is 19.6 Å². The van der Waals surface area contributed by atoms with Crippen molar-refractivity contribution in [2.45, 2.75) is 85.0 Å². The Labute approximate surface area is 186 Å². The first-order valence-corrected chi connectivity index (χ1v) is 12.9. The molecule has 3 atom stereocenters. The van der Waals surface area contributed by atoms with Gasteiger partial charge in [-0.25, -0.2) is 5.09 Å². The van der Waals surface area contributed by atoms with Gasteiger partial charge in [0.1, 0.15) is 18.1 Å². The van der Waals surface area contributed by atoms with Gasteiger partial charge >= 0.3 is 13.5 Å². The molecule has 0 aliphatic carbocycles. The molecule has 0 aromatic heterocycles. The van der Waals surface area contributed by atoms with Crippen molar-refractivity contribution >= 4 is 13.5 Å². The zero-order valence-corrected chi connectivity index (χ0v) is 20.7. The zero-order valence-electron chi connectivity index (χ0n) is 19.8. The van der Waals surface area contributed by atoms with Crippen LogP contribution in [0.15, 0.2) is 18.2 Å². The first kappa shape index (κ1) is 25.9. The van der Waals surface area contributed by atoms with Crippen molar-refractivity contribution in [3.8, 4) is 5.75 Å². The molecule has 0 amide bonds. The van der Waals surface area contributed by atoms with Gasteiger partial charge in [-0.3, -0.25) is 9.36 Å². The van der Waals surface area contributed by atoms with E-state index >= 15 is 0 Å². The Balaban J connectivity index is 2.34. The van der Waals surface area contributed by atoms with Gasteiger partial charge in [-0.15, -0.1) is 0 Å². The molecule has 1 N–H and O–H groups in total. The fourth-order valence-corrected chi connectivity index (χ4v) is 5.14. The van der Waals surface area contributed by atoms with Crippen LogP contribution in [0.4, 0.5) is 0 Å². The van der Waals surface area contributed by atoms with Crippen LogP contribution in [0.1, 0.15) is 77.8 Å². The Morgan fingerprint density at radius 3 is 2.23 bits per heavy atom.